The molecule has 0 unspecified atom stereocenters. The van der Waals surface area contributed by atoms with Gasteiger partial charge in [-0.15, -0.1) is 0 Å². The van der Waals surface area contributed by atoms with Gasteiger partial charge in [-0.3, -0.25) is 4.79 Å². The highest BCUT2D eigenvalue weighted by molar-refractivity contribution is 5.98. The average Bonchev–Trinajstić information content (AvgIpc) is 2.39. The second kappa shape index (κ2) is 5.14. The van der Waals surface area contributed by atoms with Crippen molar-refractivity contribution in [2.45, 2.75) is 13.8 Å². The van der Waals surface area contributed by atoms with Crippen molar-refractivity contribution >= 4 is 5.91 Å². The lowest BCUT2D eigenvalue weighted by Gasteiger charge is -2.16. The molecule has 19 heavy (non-hydrogen) atoms. The van der Waals surface area contributed by atoms with E-state index < -0.39 is 5.91 Å². The van der Waals surface area contributed by atoms with E-state index in [9.17, 15) is 4.79 Å². The van der Waals surface area contributed by atoms with Crippen molar-refractivity contribution in [2.24, 2.45) is 5.73 Å². The van der Waals surface area contributed by atoms with E-state index in [0.29, 0.717) is 11.3 Å². The van der Waals surface area contributed by atoms with Gasteiger partial charge < -0.3 is 10.5 Å². The Kier molecular flexibility index (Phi) is 3.56. The van der Waals surface area contributed by atoms with Crippen LogP contribution in [0, 0.1) is 13.8 Å². The Hall–Kier alpha value is -2.29. The lowest BCUT2D eigenvalue weighted by atomic mass is 9.92. The smallest absolute Gasteiger partial charge is 0.252 e. The Bertz CT molecular complexity index is 618. The minimum atomic E-state index is -0.470. The fraction of sp³-hybridized carbons (Fsp3) is 0.188. The van der Waals surface area contributed by atoms with Crippen LogP contribution in [-0.2, 0) is 0 Å². The molecule has 3 heteroatoms. The van der Waals surface area contributed by atoms with Gasteiger partial charge in [0.2, 0.25) is 0 Å². The zero-order valence-electron chi connectivity index (χ0n) is 11.4. The number of carbonyl (C=O) groups is 1. The molecular formula is C16H17NO2. The molecule has 0 fully saturated rings. The molecule has 0 radical (unpaired) electrons. The summed E-state index contributed by atoms with van der Waals surface area (Å²) in [6, 6.07) is 11.8. The Morgan fingerprint density at radius 3 is 2.32 bits per heavy atom. The summed E-state index contributed by atoms with van der Waals surface area (Å²) in [5, 5.41) is 0. The maximum absolute atomic E-state index is 11.5. The fourth-order valence-corrected chi connectivity index (χ4v) is 2.46. The lowest BCUT2D eigenvalue weighted by Crippen LogP contribution is -2.14. The number of methoxy groups -OCH3 is 1. The van der Waals surface area contributed by atoms with E-state index in [1.807, 2.05) is 44.2 Å². The normalized spacial score (nSPS) is 10.3. The summed E-state index contributed by atoms with van der Waals surface area (Å²) in [5.74, 6) is 0.0830. The Balaban J connectivity index is 2.74. The van der Waals surface area contributed by atoms with Crippen molar-refractivity contribution in [3.05, 3.63) is 53.1 Å². The number of aryl methyl sites for hydroxylation is 1. The van der Waals surface area contributed by atoms with E-state index in [0.717, 1.165) is 22.3 Å². The molecule has 0 atom stereocenters. The van der Waals surface area contributed by atoms with E-state index >= 15 is 0 Å². The van der Waals surface area contributed by atoms with Crippen LogP contribution in [-0.4, -0.2) is 13.0 Å². The van der Waals surface area contributed by atoms with E-state index in [-0.39, 0.29) is 0 Å². The van der Waals surface area contributed by atoms with E-state index in [1.165, 1.54) is 0 Å². The van der Waals surface area contributed by atoms with Crippen LogP contribution in [0.3, 0.4) is 0 Å². The van der Waals surface area contributed by atoms with E-state index in [1.54, 1.807) is 13.2 Å². The molecule has 0 saturated carbocycles. The lowest BCUT2D eigenvalue weighted by molar-refractivity contribution is 0.0997. The molecule has 2 N–H and O–H groups in total. The fourth-order valence-electron chi connectivity index (χ4n) is 2.46. The second-order valence-corrected chi connectivity index (χ2v) is 4.50. The van der Waals surface area contributed by atoms with Crippen LogP contribution in [0.4, 0.5) is 0 Å². The highest BCUT2D eigenvalue weighted by atomic mass is 16.5. The number of benzene rings is 2. The molecular weight excluding hydrogens is 238 g/mol. The molecule has 0 aliphatic rings. The minimum Gasteiger partial charge on any atom is -0.496 e. The van der Waals surface area contributed by atoms with Crippen molar-refractivity contribution in [2.75, 3.05) is 7.11 Å². The molecule has 98 valence electrons. The molecule has 0 bridgehead atoms. The number of amides is 1. The van der Waals surface area contributed by atoms with Crippen LogP contribution in [0.1, 0.15) is 21.5 Å². The third-order valence-electron chi connectivity index (χ3n) is 3.25. The summed E-state index contributed by atoms with van der Waals surface area (Å²) in [5.41, 5.74) is 9.96. The molecule has 3 nitrogen and oxygen atoms in total. The van der Waals surface area contributed by atoms with Crippen molar-refractivity contribution in [1.82, 2.24) is 0 Å². The number of hydrogen-bond acceptors (Lipinski definition) is 2. The van der Waals surface area contributed by atoms with Crippen LogP contribution in [0.2, 0.25) is 0 Å². The summed E-state index contributed by atoms with van der Waals surface area (Å²) < 4.78 is 5.35. The van der Waals surface area contributed by atoms with Gasteiger partial charge in [0, 0.05) is 0 Å². The molecule has 0 aliphatic heterocycles. The number of ether oxygens (including phenoxy) is 1. The van der Waals surface area contributed by atoms with Gasteiger partial charge >= 0.3 is 0 Å². The SMILES string of the molecule is COc1c(C(N)=O)cc(C)c(-c2ccccc2)c1C. The van der Waals surface area contributed by atoms with Gasteiger partial charge in [-0.05, 0) is 42.2 Å². The highest BCUT2D eigenvalue weighted by Crippen LogP contribution is 2.35. The molecule has 0 saturated heterocycles. The monoisotopic (exact) mass is 255 g/mol. The zero-order valence-corrected chi connectivity index (χ0v) is 11.4. The van der Waals surface area contributed by atoms with Crippen LogP contribution < -0.4 is 10.5 Å². The molecule has 0 spiro atoms. The number of carbonyl (C=O) groups excluding carboxylic acids is 1. The van der Waals surface area contributed by atoms with Gasteiger partial charge in [-0.1, -0.05) is 30.3 Å². The largest absolute Gasteiger partial charge is 0.496 e. The molecule has 2 aromatic rings. The van der Waals surface area contributed by atoms with Crippen molar-refractivity contribution in [3.63, 3.8) is 0 Å². The van der Waals surface area contributed by atoms with Crippen molar-refractivity contribution in [1.29, 1.82) is 0 Å². The second-order valence-electron chi connectivity index (χ2n) is 4.50. The van der Waals surface area contributed by atoms with Crippen molar-refractivity contribution < 1.29 is 9.53 Å². The Morgan fingerprint density at radius 2 is 1.79 bits per heavy atom. The number of hydrogen-bond donors (Lipinski definition) is 1. The topological polar surface area (TPSA) is 52.3 Å². The first-order valence-electron chi connectivity index (χ1n) is 6.09. The molecule has 0 aromatic heterocycles. The maximum Gasteiger partial charge on any atom is 0.252 e. The Morgan fingerprint density at radius 1 is 1.16 bits per heavy atom. The third-order valence-corrected chi connectivity index (χ3v) is 3.25. The van der Waals surface area contributed by atoms with Crippen molar-refractivity contribution in [3.8, 4) is 16.9 Å². The van der Waals surface area contributed by atoms with Crippen LogP contribution >= 0.6 is 0 Å². The van der Waals surface area contributed by atoms with Gasteiger partial charge in [-0.2, -0.15) is 0 Å². The molecule has 1 amide bonds. The molecule has 0 heterocycles. The van der Waals surface area contributed by atoms with Gasteiger partial charge in [0.25, 0.3) is 5.91 Å². The quantitative estimate of drug-likeness (QED) is 0.916. The van der Waals surface area contributed by atoms with Gasteiger partial charge in [-0.25, -0.2) is 0 Å². The summed E-state index contributed by atoms with van der Waals surface area (Å²) in [6.07, 6.45) is 0. The molecule has 0 aliphatic carbocycles. The zero-order chi connectivity index (χ0) is 14.0. The number of primary amides is 1. The maximum atomic E-state index is 11.5. The Labute approximate surface area is 113 Å². The standard InChI is InChI=1S/C16H17NO2/c1-10-9-13(16(17)18)15(19-3)11(2)14(10)12-7-5-4-6-8-12/h4-9H,1-3H3,(H2,17,18). The summed E-state index contributed by atoms with van der Waals surface area (Å²) >= 11 is 0. The van der Waals surface area contributed by atoms with E-state index in [4.69, 9.17) is 10.5 Å². The third kappa shape index (κ3) is 2.32. The summed E-state index contributed by atoms with van der Waals surface area (Å²) in [4.78, 5) is 11.5. The van der Waals surface area contributed by atoms with Crippen LogP contribution in [0.25, 0.3) is 11.1 Å². The average molecular weight is 255 g/mol. The number of rotatable bonds is 3. The first kappa shape index (κ1) is 13.1. The number of nitrogens with two attached hydrogens (primary N) is 1. The highest BCUT2D eigenvalue weighted by Gasteiger charge is 2.17. The first-order chi connectivity index (χ1) is 9.06. The summed E-state index contributed by atoms with van der Waals surface area (Å²) in [6.45, 7) is 3.92. The summed E-state index contributed by atoms with van der Waals surface area (Å²) in [7, 11) is 1.55. The van der Waals surface area contributed by atoms with Crippen LogP contribution in [0.15, 0.2) is 36.4 Å². The van der Waals surface area contributed by atoms with Crippen LogP contribution in [0.5, 0.6) is 5.75 Å². The van der Waals surface area contributed by atoms with Gasteiger partial charge in [0.15, 0.2) is 0 Å². The minimum absolute atomic E-state index is 0.428. The van der Waals surface area contributed by atoms with Gasteiger partial charge in [0.05, 0.1) is 12.7 Å². The molecule has 2 rings (SSSR count). The van der Waals surface area contributed by atoms with E-state index in [2.05, 4.69) is 0 Å². The predicted molar refractivity (Wildman–Crippen MR) is 76.4 cm³/mol. The predicted octanol–water partition coefficient (Wildman–Crippen LogP) is 3.08. The first-order valence-corrected chi connectivity index (χ1v) is 6.09. The van der Waals surface area contributed by atoms with Gasteiger partial charge in [0.1, 0.15) is 5.75 Å². The molecule has 2 aromatic carbocycles.